The first-order chi connectivity index (χ1) is 9.83. The van der Waals surface area contributed by atoms with E-state index >= 15 is 0 Å². The van der Waals surface area contributed by atoms with Gasteiger partial charge in [0, 0.05) is 17.7 Å². The lowest BCUT2D eigenvalue weighted by Gasteiger charge is -2.30. The number of sulfonamides is 1. The van der Waals surface area contributed by atoms with Crippen LogP contribution < -0.4 is 10.0 Å². The Hall–Kier alpha value is -1.22. The number of rotatable bonds is 4. The molecule has 0 aliphatic carbocycles. The number of hydrogen-bond acceptors (Lipinski definition) is 5. The van der Waals surface area contributed by atoms with Gasteiger partial charge in [-0.15, -0.1) is 12.4 Å². The molecule has 0 bridgehead atoms. The quantitative estimate of drug-likeness (QED) is 0.635. The molecule has 7 nitrogen and oxygen atoms in total. The SMILES string of the molecule is Cc1c([N+](=O)[O-])cccc1S(=O)(=O)NC1CCNCC1C.Cl. The largest absolute Gasteiger partial charge is 0.316 e. The van der Waals surface area contributed by atoms with Crippen molar-refractivity contribution in [1.82, 2.24) is 10.0 Å². The maximum atomic E-state index is 12.5. The van der Waals surface area contributed by atoms with Gasteiger partial charge in [0.2, 0.25) is 10.0 Å². The monoisotopic (exact) mass is 349 g/mol. The molecule has 0 spiro atoms. The van der Waals surface area contributed by atoms with Gasteiger partial charge in [-0.3, -0.25) is 10.1 Å². The second kappa shape index (κ2) is 7.36. The van der Waals surface area contributed by atoms with Crippen molar-refractivity contribution in [3.05, 3.63) is 33.9 Å². The van der Waals surface area contributed by atoms with Crippen LogP contribution in [-0.2, 0) is 10.0 Å². The molecule has 1 aromatic carbocycles. The van der Waals surface area contributed by atoms with Gasteiger partial charge in [-0.25, -0.2) is 13.1 Å². The third kappa shape index (κ3) is 3.95. The van der Waals surface area contributed by atoms with Crippen LogP contribution in [0.2, 0.25) is 0 Å². The van der Waals surface area contributed by atoms with Crippen LogP contribution in [0.1, 0.15) is 18.9 Å². The molecule has 0 radical (unpaired) electrons. The third-order valence-corrected chi connectivity index (χ3v) is 5.47. The molecule has 1 aliphatic heterocycles. The second-order valence-corrected chi connectivity index (χ2v) is 7.04. The molecule has 1 aromatic rings. The van der Waals surface area contributed by atoms with E-state index in [-0.39, 0.29) is 40.5 Å². The summed E-state index contributed by atoms with van der Waals surface area (Å²) in [5, 5.41) is 14.1. The lowest BCUT2D eigenvalue weighted by molar-refractivity contribution is -0.385. The normalized spacial score (nSPS) is 21.9. The van der Waals surface area contributed by atoms with Crippen molar-refractivity contribution in [1.29, 1.82) is 0 Å². The minimum atomic E-state index is -3.76. The van der Waals surface area contributed by atoms with Crippen molar-refractivity contribution in [3.63, 3.8) is 0 Å². The Morgan fingerprint density at radius 2 is 2.09 bits per heavy atom. The van der Waals surface area contributed by atoms with Crippen molar-refractivity contribution >= 4 is 28.1 Å². The van der Waals surface area contributed by atoms with E-state index in [0.717, 1.165) is 13.1 Å². The van der Waals surface area contributed by atoms with E-state index in [1.165, 1.54) is 25.1 Å². The Kier molecular flexibility index (Phi) is 6.30. The molecule has 1 fully saturated rings. The summed E-state index contributed by atoms with van der Waals surface area (Å²) in [5.74, 6) is 0.174. The maximum Gasteiger partial charge on any atom is 0.273 e. The van der Waals surface area contributed by atoms with E-state index in [2.05, 4.69) is 10.0 Å². The number of nitrogens with one attached hydrogen (secondary N) is 2. The van der Waals surface area contributed by atoms with Crippen LogP contribution in [-0.4, -0.2) is 32.5 Å². The zero-order chi connectivity index (χ0) is 15.6. The van der Waals surface area contributed by atoms with Crippen LogP contribution in [0.25, 0.3) is 0 Å². The molecule has 2 N–H and O–H groups in total. The van der Waals surface area contributed by atoms with Crippen molar-refractivity contribution in [3.8, 4) is 0 Å². The molecular weight excluding hydrogens is 330 g/mol. The first-order valence-electron chi connectivity index (χ1n) is 6.80. The Labute approximate surface area is 136 Å². The number of nitro groups is 1. The third-order valence-electron chi connectivity index (χ3n) is 3.83. The van der Waals surface area contributed by atoms with E-state index in [4.69, 9.17) is 0 Å². The van der Waals surface area contributed by atoms with E-state index < -0.39 is 14.9 Å². The highest BCUT2D eigenvalue weighted by Crippen LogP contribution is 2.25. The zero-order valence-electron chi connectivity index (χ0n) is 12.4. The molecule has 0 aromatic heterocycles. The van der Waals surface area contributed by atoms with Crippen LogP contribution in [0, 0.1) is 23.0 Å². The minimum absolute atomic E-state index is 0. The first kappa shape index (κ1) is 18.8. The average molecular weight is 350 g/mol. The summed E-state index contributed by atoms with van der Waals surface area (Å²) in [4.78, 5) is 10.3. The predicted octanol–water partition coefficient (Wildman–Crippen LogP) is 1.60. The number of nitrogens with zero attached hydrogens (tertiary/aromatic N) is 1. The number of halogens is 1. The summed E-state index contributed by atoms with van der Waals surface area (Å²) in [6.07, 6.45) is 0.703. The van der Waals surface area contributed by atoms with Crippen LogP contribution >= 0.6 is 12.4 Å². The second-order valence-electron chi connectivity index (χ2n) is 5.36. The highest BCUT2D eigenvalue weighted by molar-refractivity contribution is 7.89. The molecule has 2 atom stereocenters. The summed E-state index contributed by atoms with van der Waals surface area (Å²) in [7, 11) is -3.76. The van der Waals surface area contributed by atoms with Crippen LogP contribution in [0.4, 0.5) is 5.69 Å². The minimum Gasteiger partial charge on any atom is -0.316 e. The van der Waals surface area contributed by atoms with Gasteiger partial charge in [0.15, 0.2) is 0 Å². The molecule has 9 heteroatoms. The molecule has 1 aliphatic rings. The topological polar surface area (TPSA) is 101 Å². The van der Waals surface area contributed by atoms with Gasteiger partial charge in [-0.05, 0) is 38.4 Å². The summed E-state index contributed by atoms with van der Waals surface area (Å²) >= 11 is 0. The standard InChI is InChI=1S/C13H19N3O4S.ClH/c1-9-8-14-7-6-11(9)15-21(19,20)13-5-3-4-12(10(13)2)16(17)18;/h3-5,9,11,14-15H,6-8H2,1-2H3;1H. The summed E-state index contributed by atoms with van der Waals surface area (Å²) < 4.78 is 27.7. The molecule has 1 heterocycles. The number of nitro benzene ring substituents is 1. The molecule has 0 saturated carbocycles. The molecule has 124 valence electrons. The Morgan fingerprint density at radius 1 is 1.41 bits per heavy atom. The number of piperidine rings is 1. The Morgan fingerprint density at radius 3 is 2.68 bits per heavy atom. The Bertz CT molecular complexity index is 651. The van der Waals surface area contributed by atoms with Crippen LogP contribution in [0.5, 0.6) is 0 Å². The van der Waals surface area contributed by atoms with Crippen molar-refractivity contribution in [2.45, 2.75) is 31.2 Å². The lowest BCUT2D eigenvalue weighted by Crippen LogP contribution is -2.48. The highest BCUT2D eigenvalue weighted by Gasteiger charge is 2.29. The highest BCUT2D eigenvalue weighted by atomic mass is 35.5. The Balaban J connectivity index is 0.00000242. The number of benzene rings is 1. The molecule has 1 saturated heterocycles. The van der Waals surface area contributed by atoms with E-state index in [1.54, 1.807) is 0 Å². The molecular formula is C13H20ClN3O4S. The van der Waals surface area contributed by atoms with Gasteiger partial charge >= 0.3 is 0 Å². The van der Waals surface area contributed by atoms with Gasteiger partial charge in [0.25, 0.3) is 5.69 Å². The van der Waals surface area contributed by atoms with Gasteiger partial charge in [-0.2, -0.15) is 0 Å². The lowest BCUT2D eigenvalue weighted by atomic mass is 9.97. The van der Waals surface area contributed by atoms with Crippen molar-refractivity contribution in [2.75, 3.05) is 13.1 Å². The summed E-state index contributed by atoms with van der Waals surface area (Å²) in [6, 6.07) is 3.94. The van der Waals surface area contributed by atoms with Crippen molar-refractivity contribution in [2.24, 2.45) is 5.92 Å². The van der Waals surface area contributed by atoms with Gasteiger partial charge in [0.1, 0.15) is 0 Å². The van der Waals surface area contributed by atoms with Crippen LogP contribution in [0.15, 0.2) is 23.1 Å². The fourth-order valence-corrected chi connectivity index (χ4v) is 4.18. The zero-order valence-corrected chi connectivity index (χ0v) is 14.0. The maximum absolute atomic E-state index is 12.5. The molecule has 0 amide bonds. The van der Waals surface area contributed by atoms with Crippen molar-refractivity contribution < 1.29 is 13.3 Å². The fourth-order valence-electron chi connectivity index (χ4n) is 2.54. The van der Waals surface area contributed by atoms with E-state index in [9.17, 15) is 18.5 Å². The van der Waals surface area contributed by atoms with Crippen LogP contribution in [0.3, 0.4) is 0 Å². The molecule has 2 unspecified atom stereocenters. The smallest absolute Gasteiger partial charge is 0.273 e. The first-order valence-corrected chi connectivity index (χ1v) is 8.28. The predicted molar refractivity (Wildman–Crippen MR) is 85.8 cm³/mol. The van der Waals surface area contributed by atoms with Gasteiger partial charge < -0.3 is 5.32 Å². The average Bonchev–Trinajstić information content (AvgIpc) is 2.41. The molecule has 22 heavy (non-hydrogen) atoms. The number of hydrogen-bond donors (Lipinski definition) is 2. The van der Waals surface area contributed by atoms with Gasteiger partial charge in [-0.1, -0.05) is 13.0 Å². The van der Waals surface area contributed by atoms with E-state index in [1.807, 2.05) is 6.92 Å². The summed E-state index contributed by atoms with van der Waals surface area (Å²) in [5.41, 5.74) is -0.0205. The summed E-state index contributed by atoms with van der Waals surface area (Å²) in [6.45, 7) is 4.94. The fraction of sp³-hybridized carbons (Fsp3) is 0.538. The van der Waals surface area contributed by atoms with Gasteiger partial charge in [0.05, 0.1) is 9.82 Å². The van der Waals surface area contributed by atoms with E-state index in [0.29, 0.717) is 6.42 Å². The molecule has 2 rings (SSSR count).